The Morgan fingerprint density at radius 2 is 2.23 bits per heavy atom. The van der Waals surface area contributed by atoms with Crippen molar-refractivity contribution in [2.75, 3.05) is 26.2 Å². The van der Waals surface area contributed by atoms with E-state index in [-0.39, 0.29) is 30.2 Å². The maximum absolute atomic E-state index is 12.0. The molecular formula is C14H23N5O3. The first kappa shape index (κ1) is 16.4. The van der Waals surface area contributed by atoms with Gasteiger partial charge in [-0.2, -0.15) is 0 Å². The molecule has 1 unspecified atom stereocenters. The summed E-state index contributed by atoms with van der Waals surface area (Å²) < 4.78 is 6.83. The SMILES string of the molecule is CCN(CC)C(=O)Cn1cc(C(=O)NCC2CCCO2)nn1. The van der Waals surface area contributed by atoms with Crippen LogP contribution in [0.4, 0.5) is 0 Å². The molecule has 1 saturated heterocycles. The Hall–Kier alpha value is -1.96. The van der Waals surface area contributed by atoms with E-state index in [0.29, 0.717) is 19.6 Å². The highest BCUT2D eigenvalue weighted by atomic mass is 16.5. The molecule has 1 fully saturated rings. The highest BCUT2D eigenvalue weighted by molar-refractivity contribution is 5.91. The van der Waals surface area contributed by atoms with E-state index in [2.05, 4.69) is 15.6 Å². The Morgan fingerprint density at radius 1 is 1.45 bits per heavy atom. The molecule has 0 aliphatic carbocycles. The van der Waals surface area contributed by atoms with Gasteiger partial charge < -0.3 is 15.0 Å². The van der Waals surface area contributed by atoms with Crippen molar-refractivity contribution in [2.24, 2.45) is 0 Å². The molecule has 0 spiro atoms. The summed E-state index contributed by atoms with van der Waals surface area (Å²) in [7, 11) is 0. The molecule has 0 aromatic carbocycles. The summed E-state index contributed by atoms with van der Waals surface area (Å²) in [5.41, 5.74) is 0.213. The standard InChI is InChI=1S/C14H23N5O3/c1-3-18(4-2)13(20)10-19-9-12(16-17-19)14(21)15-8-11-6-5-7-22-11/h9,11H,3-8,10H2,1-2H3,(H,15,21). The van der Waals surface area contributed by atoms with Gasteiger partial charge in [0, 0.05) is 26.2 Å². The molecule has 1 atom stereocenters. The molecule has 1 aliphatic heterocycles. The molecule has 1 aromatic rings. The number of nitrogens with one attached hydrogen (secondary N) is 1. The molecule has 1 N–H and O–H groups in total. The minimum Gasteiger partial charge on any atom is -0.376 e. The summed E-state index contributed by atoms with van der Waals surface area (Å²) in [5.74, 6) is -0.335. The molecule has 1 aromatic heterocycles. The monoisotopic (exact) mass is 309 g/mol. The molecule has 2 rings (SSSR count). The zero-order valence-electron chi connectivity index (χ0n) is 13.1. The predicted octanol–water partition coefficient (Wildman–Crippen LogP) is 0.0553. The average Bonchev–Trinajstić information content (AvgIpc) is 3.17. The van der Waals surface area contributed by atoms with Gasteiger partial charge in [0.15, 0.2) is 5.69 Å². The van der Waals surface area contributed by atoms with Gasteiger partial charge in [-0.15, -0.1) is 5.10 Å². The van der Waals surface area contributed by atoms with E-state index in [1.165, 1.54) is 10.9 Å². The van der Waals surface area contributed by atoms with Gasteiger partial charge in [0.05, 0.1) is 12.3 Å². The second kappa shape index (κ2) is 7.88. The topological polar surface area (TPSA) is 89.4 Å². The zero-order chi connectivity index (χ0) is 15.9. The maximum atomic E-state index is 12.0. The zero-order valence-corrected chi connectivity index (χ0v) is 13.1. The number of likely N-dealkylation sites (N-methyl/N-ethyl adjacent to an activating group) is 1. The molecule has 0 radical (unpaired) electrons. The minimum atomic E-state index is -0.294. The lowest BCUT2D eigenvalue weighted by Gasteiger charge is -2.17. The summed E-state index contributed by atoms with van der Waals surface area (Å²) >= 11 is 0. The maximum Gasteiger partial charge on any atom is 0.273 e. The van der Waals surface area contributed by atoms with Gasteiger partial charge in [-0.3, -0.25) is 9.59 Å². The first-order valence-electron chi connectivity index (χ1n) is 7.71. The van der Waals surface area contributed by atoms with E-state index < -0.39 is 0 Å². The summed E-state index contributed by atoms with van der Waals surface area (Å²) in [6.45, 7) is 6.47. The fraction of sp³-hybridized carbons (Fsp3) is 0.714. The van der Waals surface area contributed by atoms with Crippen LogP contribution in [-0.4, -0.2) is 64.1 Å². The highest BCUT2D eigenvalue weighted by Crippen LogP contribution is 2.10. The number of amides is 2. The molecule has 8 nitrogen and oxygen atoms in total. The number of carbonyl (C=O) groups excluding carboxylic acids is 2. The molecule has 0 bridgehead atoms. The van der Waals surface area contributed by atoms with Gasteiger partial charge >= 0.3 is 0 Å². The normalized spacial score (nSPS) is 17.5. The second-order valence-corrected chi connectivity index (χ2v) is 5.21. The third kappa shape index (κ3) is 4.27. The van der Waals surface area contributed by atoms with Crippen molar-refractivity contribution in [3.8, 4) is 0 Å². The number of aromatic nitrogens is 3. The quantitative estimate of drug-likeness (QED) is 0.769. The van der Waals surface area contributed by atoms with Crippen molar-refractivity contribution in [3.63, 3.8) is 0 Å². The third-order valence-corrected chi connectivity index (χ3v) is 3.70. The molecular weight excluding hydrogens is 286 g/mol. The largest absolute Gasteiger partial charge is 0.376 e. The van der Waals surface area contributed by atoms with Crippen molar-refractivity contribution in [1.29, 1.82) is 0 Å². The smallest absolute Gasteiger partial charge is 0.273 e. The van der Waals surface area contributed by atoms with Gasteiger partial charge in [-0.05, 0) is 26.7 Å². The molecule has 2 amide bonds. The lowest BCUT2D eigenvalue weighted by molar-refractivity contribution is -0.131. The number of hydrogen-bond donors (Lipinski definition) is 1. The summed E-state index contributed by atoms with van der Waals surface area (Å²) in [6.07, 6.45) is 3.57. The van der Waals surface area contributed by atoms with E-state index in [9.17, 15) is 9.59 Å². The van der Waals surface area contributed by atoms with Crippen LogP contribution in [0.25, 0.3) is 0 Å². The number of rotatable bonds is 7. The van der Waals surface area contributed by atoms with Crippen molar-refractivity contribution in [3.05, 3.63) is 11.9 Å². The molecule has 1 aliphatic rings. The van der Waals surface area contributed by atoms with Gasteiger partial charge in [-0.25, -0.2) is 4.68 Å². The first-order chi connectivity index (χ1) is 10.6. The summed E-state index contributed by atoms with van der Waals surface area (Å²) in [4.78, 5) is 25.6. The van der Waals surface area contributed by atoms with Crippen molar-refractivity contribution < 1.29 is 14.3 Å². The van der Waals surface area contributed by atoms with E-state index in [0.717, 1.165) is 19.4 Å². The number of carbonyl (C=O) groups is 2. The Balaban J connectivity index is 1.84. The van der Waals surface area contributed by atoms with Crippen LogP contribution in [0, 0.1) is 0 Å². The van der Waals surface area contributed by atoms with E-state index in [4.69, 9.17) is 4.74 Å². The summed E-state index contributed by atoms with van der Waals surface area (Å²) in [6, 6.07) is 0. The number of nitrogens with zero attached hydrogens (tertiary/aromatic N) is 4. The van der Waals surface area contributed by atoms with Crippen molar-refractivity contribution >= 4 is 11.8 Å². The lowest BCUT2D eigenvalue weighted by atomic mass is 10.2. The van der Waals surface area contributed by atoms with Crippen LogP contribution in [-0.2, 0) is 16.1 Å². The Bertz CT molecular complexity index is 506. The Kier molecular flexibility index (Phi) is 5.88. The van der Waals surface area contributed by atoms with Crippen LogP contribution < -0.4 is 5.32 Å². The van der Waals surface area contributed by atoms with Crippen LogP contribution in [0.1, 0.15) is 37.2 Å². The Labute approximate surface area is 129 Å². The van der Waals surface area contributed by atoms with Crippen LogP contribution in [0.3, 0.4) is 0 Å². The van der Waals surface area contributed by atoms with Gasteiger partial charge in [0.1, 0.15) is 6.54 Å². The van der Waals surface area contributed by atoms with Gasteiger partial charge in [-0.1, -0.05) is 5.21 Å². The third-order valence-electron chi connectivity index (χ3n) is 3.70. The van der Waals surface area contributed by atoms with E-state index in [1.54, 1.807) is 4.90 Å². The second-order valence-electron chi connectivity index (χ2n) is 5.21. The lowest BCUT2D eigenvalue weighted by Crippen LogP contribution is -2.33. The van der Waals surface area contributed by atoms with Crippen LogP contribution in [0.15, 0.2) is 6.20 Å². The average molecular weight is 309 g/mol. The van der Waals surface area contributed by atoms with Crippen LogP contribution in [0.2, 0.25) is 0 Å². The molecule has 122 valence electrons. The fourth-order valence-electron chi connectivity index (χ4n) is 2.40. The van der Waals surface area contributed by atoms with Gasteiger partial charge in [0.25, 0.3) is 5.91 Å². The van der Waals surface area contributed by atoms with E-state index in [1.807, 2.05) is 13.8 Å². The molecule has 22 heavy (non-hydrogen) atoms. The molecule has 8 heteroatoms. The summed E-state index contributed by atoms with van der Waals surface area (Å²) in [5, 5.41) is 10.4. The number of hydrogen-bond acceptors (Lipinski definition) is 5. The predicted molar refractivity (Wildman–Crippen MR) is 79.3 cm³/mol. The van der Waals surface area contributed by atoms with Crippen molar-refractivity contribution in [2.45, 2.75) is 39.3 Å². The van der Waals surface area contributed by atoms with Crippen LogP contribution in [0.5, 0.6) is 0 Å². The first-order valence-corrected chi connectivity index (χ1v) is 7.71. The van der Waals surface area contributed by atoms with E-state index >= 15 is 0 Å². The molecule has 0 saturated carbocycles. The minimum absolute atomic E-state index is 0.0405. The molecule has 2 heterocycles. The van der Waals surface area contributed by atoms with Gasteiger partial charge in [0.2, 0.25) is 5.91 Å². The Morgan fingerprint density at radius 3 is 2.86 bits per heavy atom. The fourth-order valence-corrected chi connectivity index (χ4v) is 2.40. The van der Waals surface area contributed by atoms with Crippen LogP contribution >= 0.6 is 0 Å². The highest BCUT2D eigenvalue weighted by Gasteiger charge is 2.18. The van der Waals surface area contributed by atoms with Crippen molar-refractivity contribution in [1.82, 2.24) is 25.2 Å². The number of ether oxygens (including phenoxy) is 1.